The van der Waals surface area contributed by atoms with Gasteiger partial charge in [-0.2, -0.15) is 16.4 Å². The highest BCUT2D eigenvalue weighted by atomic mass is 32.2. The zero-order valence-corrected chi connectivity index (χ0v) is 14.5. The highest BCUT2D eigenvalue weighted by molar-refractivity contribution is 7.99. The summed E-state index contributed by atoms with van der Waals surface area (Å²) in [6.07, 6.45) is 13.7. The molecular weight excluding hydrogens is 295 g/mol. The van der Waals surface area contributed by atoms with E-state index in [-0.39, 0.29) is 0 Å². The van der Waals surface area contributed by atoms with Crippen molar-refractivity contribution in [3.63, 3.8) is 0 Å². The van der Waals surface area contributed by atoms with E-state index in [2.05, 4.69) is 16.5 Å². The molecular formula is C14H31O4PS. The average Bonchev–Trinajstić information content (AvgIpc) is 2.43. The topological polar surface area (TPSA) is 58.9 Å². The first-order valence-corrected chi connectivity index (χ1v) is 10.1. The average molecular weight is 326 g/mol. The van der Waals surface area contributed by atoms with E-state index in [1.807, 2.05) is 11.8 Å². The molecule has 0 amide bonds. The summed E-state index contributed by atoms with van der Waals surface area (Å²) in [6, 6.07) is 0. The van der Waals surface area contributed by atoms with E-state index in [0.29, 0.717) is 6.61 Å². The molecule has 0 aromatic heterocycles. The van der Waals surface area contributed by atoms with Crippen LogP contribution in [0.25, 0.3) is 0 Å². The Hall–Kier alpha value is 0.620. The SMILES string of the molecule is CCCCCCCCCCCCSCCOOP(O)O. The van der Waals surface area contributed by atoms with Crippen LogP contribution in [0.2, 0.25) is 0 Å². The molecule has 0 fully saturated rings. The third kappa shape index (κ3) is 18.6. The van der Waals surface area contributed by atoms with Crippen molar-refractivity contribution in [2.45, 2.75) is 71.1 Å². The van der Waals surface area contributed by atoms with E-state index in [4.69, 9.17) is 9.79 Å². The lowest BCUT2D eigenvalue weighted by atomic mass is 10.1. The summed E-state index contributed by atoms with van der Waals surface area (Å²) in [7, 11) is -2.37. The largest absolute Gasteiger partial charge is 0.357 e. The van der Waals surface area contributed by atoms with Gasteiger partial charge in [-0.05, 0) is 12.2 Å². The molecule has 122 valence electrons. The van der Waals surface area contributed by atoms with Crippen LogP contribution in [0.5, 0.6) is 0 Å². The van der Waals surface area contributed by atoms with Crippen LogP contribution < -0.4 is 0 Å². The zero-order valence-electron chi connectivity index (χ0n) is 12.8. The van der Waals surface area contributed by atoms with Gasteiger partial charge < -0.3 is 9.79 Å². The van der Waals surface area contributed by atoms with Crippen molar-refractivity contribution < 1.29 is 19.3 Å². The van der Waals surface area contributed by atoms with Crippen LogP contribution >= 0.6 is 20.4 Å². The molecule has 0 aromatic carbocycles. The Kier molecular flexibility index (Phi) is 18.2. The van der Waals surface area contributed by atoms with E-state index in [1.165, 1.54) is 64.2 Å². The highest BCUT2D eigenvalue weighted by Gasteiger charge is 1.99. The van der Waals surface area contributed by atoms with Gasteiger partial charge in [0, 0.05) is 5.75 Å². The van der Waals surface area contributed by atoms with Gasteiger partial charge >= 0.3 is 8.60 Å². The normalized spacial score (nSPS) is 11.4. The lowest BCUT2D eigenvalue weighted by Gasteiger charge is -2.04. The number of hydrogen-bond acceptors (Lipinski definition) is 5. The summed E-state index contributed by atoms with van der Waals surface area (Å²) in [4.78, 5) is 21.4. The van der Waals surface area contributed by atoms with Gasteiger partial charge in [0.05, 0.1) is 6.61 Å². The molecule has 0 spiro atoms. The molecule has 2 N–H and O–H groups in total. The van der Waals surface area contributed by atoms with Crippen molar-refractivity contribution in [2.24, 2.45) is 0 Å². The van der Waals surface area contributed by atoms with E-state index >= 15 is 0 Å². The molecule has 0 aliphatic carbocycles. The first-order valence-electron chi connectivity index (χ1n) is 7.82. The minimum Gasteiger partial charge on any atom is -0.327 e. The number of unbranched alkanes of at least 4 members (excludes halogenated alkanes) is 9. The molecule has 0 saturated heterocycles. The molecule has 0 bridgehead atoms. The van der Waals surface area contributed by atoms with E-state index < -0.39 is 8.60 Å². The Bertz CT molecular complexity index is 185. The van der Waals surface area contributed by atoms with Gasteiger partial charge in [-0.15, -0.1) is 0 Å². The Balaban J connectivity index is 2.92. The molecule has 0 radical (unpaired) electrons. The van der Waals surface area contributed by atoms with Crippen molar-refractivity contribution in [3.8, 4) is 0 Å². The van der Waals surface area contributed by atoms with Crippen molar-refractivity contribution in [1.82, 2.24) is 0 Å². The van der Waals surface area contributed by atoms with Gasteiger partial charge in [-0.1, -0.05) is 64.7 Å². The van der Waals surface area contributed by atoms with Crippen LogP contribution in [-0.4, -0.2) is 27.9 Å². The Morgan fingerprint density at radius 2 is 1.35 bits per heavy atom. The summed E-state index contributed by atoms with van der Waals surface area (Å²) >= 11 is 1.82. The fraction of sp³-hybridized carbons (Fsp3) is 1.00. The monoisotopic (exact) mass is 326 g/mol. The van der Waals surface area contributed by atoms with Gasteiger partial charge in [0.25, 0.3) is 0 Å². The van der Waals surface area contributed by atoms with Crippen LogP contribution in [-0.2, 0) is 9.56 Å². The minimum atomic E-state index is -2.37. The predicted octanol–water partition coefficient (Wildman–Crippen LogP) is 4.80. The molecule has 0 rings (SSSR count). The molecule has 0 aliphatic heterocycles. The maximum atomic E-state index is 8.42. The first-order chi connectivity index (χ1) is 9.77. The lowest BCUT2D eigenvalue weighted by Crippen LogP contribution is -1.96. The molecule has 0 saturated carbocycles. The second-order valence-corrected chi connectivity index (χ2v) is 6.82. The van der Waals surface area contributed by atoms with Crippen LogP contribution in [0.4, 0.5) is 0 Å². The van der Waals surface area contributed by atoms with Crippen molar-refractivity contribution >= 4 is 20.4 Å². The number of thioether (sulfide) groups is 1. The van der Waals surface area contributed by atoms with Crippen molar-refractivity contribution in [2.75, 3.05) is 18.1 Å². The molecule has 0 heterocycles. The van der Waals surface area contributed by atoms with Gasteiger partial charge in [0.1, 0.15) is 0 Å². The molecule has 0 aromatic rings. The van der Waals surface area contributed by atoms with Gasteiger partial charge in [-0.3, -0.25) is 0 Å². The molecule has 20 heavy (non-hydrogen) atoms. The third-order valence-corrected chi connectivity index (χ3v) is 4.34. The molecule has 6 heteroatoms. The zero-order chi connectivity index (χ0) is 14.9. The molecule has 4 nitrogen and oxygen atoms in total. The summed E-state index contributed by atoms with van der Waals surface area (Å²) < 4.78 is 4.21. The molecule has 0 unspecified atom stereocenters. The van der Waals surface area contributed by atoms with E-state index in [1.54, 1.807) is 0 Å². The summed E-state index contributed by atoms with van der Waals surface area (Å²) in [5.41, 5.74) is 0. The van der Waals surface area contributed by atoms with Gasteiger partial charge in [-0.25, -0.2) is 4.89 Å². The first kappa shape index (κ1) is 20.6. The van der Waals surface area contributed by atoms with E-state index in [0.717, 1.165) is 11.5 Å². The summed E-state index contributed by atoms with van der Waals surface area (Å²) in [5, 5.41) is 0. The highest BCUT2D eigenvalue weighted by Crippen LogP contribution is 2.24. The maximum absolute atomic E-state index is 8.42. The van der Waals surface area contributed by atoms with Crippen LogP contribution in [0.3, 0.4) is 0 Å². The molecule has 0 atom stereocenters. The predicted molar refractivity (Wildman–Crippen MR) is 87.6 cm³/mol. The van der Waals surface area contributed by atoms with Crippen molar-refractivity contribution in [3.05, 3.63) is 0 Å². The second-order valence-electron chi connectivity index (χ2n) is 4.94. The van der Waals surface area contributed by atoms with E-state index in [9.17, 15) is 0 Å². The smallest absolute Gasteiger partial charge is 0.327 e. The Morgan fingerprint density at radius 3 is 1.90 bits per heavy atom. The fourth-order valence-corrected chi connectivity index (χ4v) is 2.94. The van der Waals surface area contributed by atoms with Gasteiger partial charge in [0.2, 0.25) is 0 Å². The lowest BCUT2D eigenvalue weighted by molar-refractivity contribution is -0.207. The number of hydrogen-bond donors (Lipinski definition) is 2. The van der Waals surface area contributed by atoms with Gasteiger partial charge in [0.15, 0.2) is 0 Å². The molecule has 0 aliphatic rings. The quantitative estimate of drug-likeness (QED) is 0.185. The van der Waals surface area contributed by atoms with Crippen LogP contribution in [0.1, 0.15) is 71.1 Å². The Morgan fingerprint density at radius 1 is 0.800 bits per heavy atom. The summed E-state index contributed by atoms with van der Waals surface area (Å²) in [5.74, 6) is 1.98. The minimum absolute atomic E-state index is 0.405. The fourth-order valence-electron chi connectivity index (χ4n) is 1.97. The second kappa shape index (κ2) is 17.7. The van der Waals surface area contributed by atoms with Crippen molar-refractivity contribution in [1.29, 1.82) is 0 Å². The van der Waals surface area contributed by atoms with Crippen LogP contribution in [0.15, 0.2) is 0 Å². The number of rotatable bonds is 16. The summed E-state index contributed by atoms with van der Waals surface area (Å²) in [6.45, 7) is 2.66. The Labute approximate surface area is 129 Å². The van der Waals surface area contributed by atoms with Crippen LogP contribution in [0, 0.1) is 0 Å². The standard InChI is InChI=1S/C14H31O4PS/c1-2-3-4-5-6-7-8-9-10-11-13-20-14-12-17-18-19(15)16/h15-16H,2-14H2,1H3. The maximum Gasteiger partial charge on any atom is 0.357 e. The third-order valence-electron chi connectivity index (χ3n) is 3.07.